The molecule has 1 aromatic heterocycles. The quantitative estimate of drug-likeness (QED) is 0.255. The lowest BCUT2D eigenvalue weighted by atomic mass is 10.1. The van der Waals surface area contributed by atoms with Crippen molar-refractivity contribution in [1.29, 1.82) is 0 Å². The Morgan fingerprint density at radius 2 is 1.49 bits per heavy atom. The van der Waals surface area contributed by atoms with Crippen LogP contribution in [0.1, 0.15) is 26.5 Å². The van der Waals surface area contributed by atoms with E-state index in [4.69, 9.17) is 9.15 Å². The topological polar surface area (TPSA) is 122 Å². The third-order valence-electron chi connectivity index (χ3n) is 5.39. The zero-order valence-corrected chi connectivity index (χ0v) is 20.1. The molecule has 0 aliphatic heterocycles. The third-order valence-corrected chi connectivity index (χ3v) is 5.39. The van der Waals surface area contributed by atoms with Crippen molar-refractivity contribution in [3.05, 3.63) is 108 Å². The predicted octanol–water partition coefficient (Wildman–Crippen LogP) is 4.52. The molecule has 4 N–H and O–H groups in total. The van der Waals surface area contributed by atoms with Crippen molar-refractivity contribution in [2.75, 3.05) is 29.6 Å². The van der Waals surface area contributed by atoms with E-state index >= 15 is 0 Å². The van der Waals surface area contributed by atoms with Crippen molar-refractivity contribution < 1.29 is 23.5 Å². The van der Waals surface area contributed by atoms with Gasteiger partial charge in [-0.25, -0.2) is 0 Å². The lowest BCUT2D eigenvalue weighted by molar-refractivity contribution is -0.114. The van der Waals surface area contributed by atoms with Crippen LogP contribution in [0.25, 0.3) is 0 Å². The molecule has 0 fully saturated rings. The average Bonchev–Trinajstić information content (AvgIpc) is 3.45. The molecular formula is C28H26N4O5. The second-order valence-corrected chi connectivity index (χ2v) is 7.97. The Morgan fingerprint density at radius 1 is 0.784 bits per heavy atom. The summed E-state index contributed by atoms with van der Waals surface area (Å²) in [6.45, 7) is 0.205. The highest BCUT2D eigenvalue weighted by molar-refractivity contribution is 6.05. The van der Waals surface area contributed by atoms with Crippen LogP contribution in [0.15, 0.2) is 95.6 Å². The van der Waals surface area contributed by atoms with Gasteiger partial charge in [0.1, 0.15) is 11.5 Å². The number of carbonyl (C=O) groups is 3. The number of anilines is 3. The monoisotopic (exact) mass is 498 g/mol. The molecule has 0 radical (unpaired) electrons. The van der Waals surface area contributed by atoms with Gasteiger partial charge in [0.25, 0.3) is 11.8 Å². The fourth-order valence-corrected chi connectivity index (χ4v) is 3.47. The average molecular weight is 499 g/mol. The van der Waals surface area contributed by atoms with E-state index in [1.54, 1.807) is 98.3 Å². The number of carbonyl (C=O) groups excluding carboxylic acids is 3. The van der Waals surface area contributed by atoms with Crippen molar-refractivity contribution >= 4 is 34.8 Å². The third kappa shape index (κ3) is 6.98. The molecule has 9 nitrogen and oxygen atoms in total. The standard InChI is InChI=1S/C28H26N4O5/c1-36-22-14-12-21(13-15-22)32-27(34)19-8-10-20(11-9-19)31-26(33)18-29-25-7-3-2-6-24(25)28(35)30-17-23-5-4-16-37-23/h2-16,29H,17-18H2,1H3,(H,30,35)(H,31,33)(H,32,34). The normalized spacial score (nSPS) is 10.3. The second kappa shape index (κ2) is 12.1. The van der Waals surface area contributed by atoms with Gasteiger partial charge in [0.05, 0.1) is 32.0 Å². The number of methoxy groups -OCH3 is 1. The summed E-state index contributed by atoms with van der Waals surface area (Å²) in [5.74, 6) is 0.475. The number of benzene rings is 3. The van der Waals surface area contributed by atoms with E-state index in [-0.39, 0.29) is 30.8 Å². The molecule has 4 rings (SSSR count). The van der Waals surface area contributed by atoms with Gasteiger partial charge in [-0.1, -0.05) is 12.1 Å². The van der Waals surface area contributed by atoms with E-state index in [9.17, 15) is 14.4 Å². The maximum absolute atomic E-state index is 12.6. The van der Waals surface area contributed by atoms with Crippen molar-refractivity contribution in [3.8, 4) is 5.75 Å². The van der Waals surface area contributed by atoms with Crippen molar-refractivity contribution in [1.82, 2.24) is 5.32 Å². The van der Waals surface area contributed by atoms with Crippen LogP contribution >= 0.6 is 0 Å². The van der Waals surface area contributed by atoms with Crippen molar-refractivity contribution in [2.24, 2.45) is 0 Å². The zero-order chi connectivity index (χ0) is 26.0. The minimum Gasteiger partial charge on any atom is -0.497 e. The first-order valence-corrected chi connectivity index (χ1v) is 11.5. The Hall–Kier alpha value is -5.05. The van der Waals surface area contributed by atoms with Crippen LogP contribution in [0.4, 0.5) is 17.1 Å². The first-order chi connectivity index (χ1) is 18.0. The molecule has 3 amide bonds. The highest BCUT2D eigenvalue weighted by Crippen LogP contribution is 2.18. The molecule has 0 spiro atoms. The fraction of sp³-hybridized carbons (Fsp3) is 0.107. The van der Waals surface area contributed by atoms with E-state index in [0.29, 0.717) is 39.7 Å². The smallest absolute Gasteiger partial charge is 0.255 e. The van der Waals surface area contributed by atoms with Crippen LogP contribution in [0.3, 0.4) is 0 Å². The number of furan rings is 1. The Balaban J connectivity index is 1.28. The number of hydrogen-bond acceptors (Lipinski definition) is 6. The molecule has 0 aliphatic carbocycles. The van der Waals surface area contributed by atoms with Gasteiger partial charge in [-0.15, -0.1) is 0 Å². The van der Waals surface area contributed by atoms with Crippen LogP contribution in [-0.4, -0.2) is 31.4 Å². The van der Waals surface area contributed by atoms with E-state index < -0.39 is 0 Å². The maximum Gasteiger partial charge on any atom is 0.255 e. The lowest BCUT2D eigenvalue weighted by Crippen LogP contribution is -2.26. The van der Waals surface area contributed by atoms with E-state index in [1.807, 2.05) is 0 Å². The number of rotatable bonds is 10. The number of ether oxygens (including phenoxy) is 1. The minimum atomic E-state index is -0.304. The van der Waals surface area contributed by atoms with Crippen LogP contribution < -0.4 is 26.0 Å². The highest BCUT2D eigenvalue weighted by atomic mass is 16.5. The first-order valence-electron chi connectivity index (χ1n) is 11.5. The van der Waals surface area contributed by atoms with E-state index in [0.717, 1.165) is 0 Å². The second-order valence-electron chi connectivity index (χ2n) is 7.97. The van der Waals surface area contributed by atoms with Gasteiger partial charge >= 0.3 is 0 Å². The molecule has 1 heterocycles. The van der Waals surface area contributed by atoms with E-state index in [1.165, 1.54) is 0 Å². The molecule has 37 heavy (non-hydrogen) atoms. The molecule has 4 aromatic rings. The first kappa shape index (κ1) is 25.1. The molecule has 0 atom stereocenters. The largest absolute Gasteiger partial charge is 0.497 e. The number of para-hydroxylation sites is 1. The summed E-state index contributed by atoms with van der Waals surface area (Å²) in [6, 6.07) is 24.0. The summed E-state index contributed by atoms with van der Waals surface area (Å²) in [5.41, 5.74) is 2.57. The lowest BCUT2D eigenvalue weighted by Gasteiger charge is -2.12. The fourth-order valence-electron chi connectivity index (χ4n) is 3.47. The van der Waals surface area contributed by atoms with Crippen LogP contribution in [-0.2, 0) is 11.3 Å². The number of nitrogens with one attached hydrogen (secondary N) is 4. The molecule has 9 heteroatoms. The summed E-state index contributed by atoms with van der Waals surface area (Å²) < 4.78 is 10.3. The van der Waals surface area contributed by atoms with Gasteiger partial charge in [-0.05, 0) is 72.8 Å². The molecule has 0 aliphatic rings. The van der Waals surface area contributed by atoms with Gasteiger partial charge in [0.15, 0.2) is 0 Å². The Bertz CT molecular complexity index is 1350. The summed E-state index contributed by atoms with van der Waals surface area (Å²) in [7, 11) is 1.58. The summed E-state index contributed by atoms with van der Waals surface area (Å²) in [4.78, 5) is 37.6. The predicted molar refractivity (Wildman–Crippen MR) is 141 cm³/mol. The van der Waals surface area contributed by atoms with Crippen molar-refractivity contribution in [3.63, 3.8) is 0 Å². The number of amides is 3. The molecule has 0 unspecified atom stereocenters. The molecule has 188 valence electrons. The van der Waals surface area contributed by atoms with Gasteiger partial charge < -0.3 is 30.4 Å². The number of hydrogen-bond donors (Lipinski definition) is 4. The van der Waals surface area contributed by atoms with E-state index in [2.05, 4.69) is 21.3 Å². The van der Waals surface area contributed by atoms with Gasteiger partial charge in [0.2, 0.25) is 5.91 Å². The molecular weight excluding hydrogens is 472 g/mol. The Labute approximate surface area is 213 Å². The van der Waals surface area contributed by atoms with Gasteiger partial charge in [0, 0.05) is 22.6 Å². The van der Waals surface area contributed by atoms with Gasteiger partial charge in [-0.2, -0.15) is 0 Å². The maximum atomic E-state index is 12.6. The van der Waals surface area contributed by atoms with Crippen LogP contribution in [0, 0.1) is 0 Å². The molecule has 0 saturated carbocycles. The summed E-state index contributed by atoms with van der Waals surface area (Å²) in [5, 5.41) is 11.4. The Morgan fingerprint density at radius 3 is 2.19 bits per heavy atom. The molecule has 3 aromatic carbocycles. The molecule has 0 saturated heterocycles. The summed E-state index contributed by atoms with van der Waals surface area (Å²) in [6.07, 6.45) is 1.54. The zero-order valence-electron chi connectivity index (χ0n) is 20.1. The van der Waals surface area contributed by atoms with Crippen LogP contribution in [0.2, 0.25) is 0 Å². The summed E-state index contributed by atoms with van der Waals surface area (Å²) >= 11 is 0. The molecule has 0 bridgehead atoms. The highest BCUT2D eigenvalue weighted by Gasteiger charge is 2.13. The minimum absolute atomic E-state index is 0.0534. The van der Waals surface area contributed by atoms with Gasteiger partial charge in [-0.3, -0.25) is 14.4 Å². The SMILES string of the molecule is COc1ccc(NC(=O)c2ccc(NC(=O)CNc3ccccc3C(=O)NCc3ccco3)cc2)cc1. The van der Waals surface area contributed by atoms with Crippen LogP contribution in [0.5, 0.6) is 5.75 Å². The Kier molecular flexibility index (Phi) is 8.18. The van der Waals surface area contributed by atoms with Crippen molar-refractivity contribution in [2.45, 2.75) is 6.54 Å².